The largest absolute Gasteiger partial charge is 0.343 e. The molecular weight excluding hydrogens is 228 g/mol. The fourth-order valence-corrected chi connectivity index (χ4v) is 2.92. The molecule has 0 aromatic heterocycles. The quantitative estimate of drug-likeness (QED) is 0.771. The average molecular weight is 250 g/mol. The van der Waals surface area contributed by atoms with Crippen molar-refractivity contribution >= 4 is 11.8 Å². The minimum atomic E-state index is -0.314. The molecule has 0 radical (unpaired) electrons. The molecule has 0 spiro atoms. The van der Waals surface area contributed by atoms with E-state index >= 15 is 0 Å². The lowest BCUT2D eigenvalue weighted by Gasteiger charge is -2.42. The van der Waals surface area contributed by atoms with E-state index in [0.717, 1.165) is 25.7 Å². The predicted octanol–water partition coefficient (Wildman–Crippen LogP) is 1.61. The first kappa shape index (κ1) is 13.1. The van der Waals surface area contributed by atoms with Crippen LogP contribution >= 0.6 is 0 Å². The number of amides is 2. The van der Waals surface area contributed by atoms with Crippen LogP contribution in [0.1, 0.15) is 46.0 Å². The number of hydrogen-bond donors (Lipinski definition) is 1. The van der Waals surface area contributed by atoms with Crippen LogP contribution < -0.4 is 5.32 Å². The zero-order valence-corrected chi connectivity index (χ0v) is 11.2. The van der Waals surface area contributed by atoms with Crippen LogP contribution in [0.3, 0.4) is 0 Å². The molecule has 0 bridgehead atoms. The van der Waals surface area contributed by atoms with E-state index in [0.29, 0.717) is 6.42 Å². The topological polar surface area (TPSA) is 49.4 Å². The molecule has 2 atom stereocenters. The van der Waals surface area contributed by atoms with Crippen molar-refractivity contribution < 1.29 is 9.59 Å². The molecule has 1 heterocycles. The van der Waals surface area contributed by atoms with Gasteiger partial charge in [-0.15, -0.1) is 0 Å². The first-order valence-electron chi connectivity index (χ1n) is 6.96. The fourth-order valence-electron chi connectivity index (χ4n) is 2.92. The second-order valence-electron chi connectivity index (χ2n) is 5.12. The van der Waals surface area contributed by atoms with E-state index in [1.807, 2.05) is 18.7 Å². The highest BCUT2D eigenvalue weighted by molar-refractivity contribution is 5.97. The third kappa shape index (κ3) is 2.28. The van der Waals surface area contributed by atoms with Gasteiger partial charge in [-0.2, -0.15) is 0 Å². The van der Waals surface area contributed by atoms with Crippen molar-refractivity contribution in [1.82, 2.24) is 10.2 Å². The fraction of sp³-hybridized carbons (Fsp3) is 0.714. The molecule has 18 heavy (non-hydrogen) atoms. The van der Waals surface area contributed by atoms with E-state index in [4.69, 9.17) is 0 Å². The zero-order chi connectivity index (χ0) is 13.1. The molecular formula is C14H22N2O2. The van der Waals surface area contributed by atoms with Gasteiger partial charge in [0.2, 0.25) is 11.8 Å². The van der Waals surface area contributed by atoms with Gasteiger partial charge in [0.1, 0.15) is 12.1 Å². The molecule has 2 amide bonds. The van der Waals surface area contributed by atoms with Gasteiger partial charge in [0.15, 0.2) is 0 Å². The van der Waals surface area contributed by atoms with Crippen LogP contribution in [0.25, 0.3) is 0 Å². The summed E-state index contributed by atoms with van der Waals surface area (Å²) in [4.78, 5) is 26.4. The molecule has 4 heteroatoms. The summed E-state index contributed by atoms with van der Waals surface area (Å²) in [6, 6.07) is -0.408. The number of carbonyl (C=O) groups is 2. The first-order chi connectivity index (χ1) is 8.69. The summed E-state index contributed by atoms with van der Waals surface area (Å²) in [7, 11) is 0. The van der Waals surface area contributed by atoms with Crippen LogP contribution in [0, 0.1) is 0 Å². The van der Waals surface area contributed by atoms with Crippen molar-refractivity contribution in [2.24, 2.45) is 0 Å². The Bertz CT molecular complexity index is 357. The van der Waals surface area contributed by atoms with Gasteiger partial charge >= 0.3 is 0 Å². The molecule has 1 aliphatic carbocycles. The summed E-state index contributed by atoms with van der Waals surface area (Å²) in [6.45, 7) is 4.00. The van der Waals surface area contributed by atoms with Crippen molar-refractivity contribution in [1.29, 1.82) is 0 Å². The molecule has 2 rings (SSSR count). The highest BCUT2D eigenvalue weighted by atomic mass is 16.2. The van der Waals surface area contributed by atoms with Crippen molar-refractivity contribution in [3.8, 4) is 0 Å². The van der Waals surface area contributed by atoms with Crippen LogP contribution in [0.5, 0.6) is 0 Å². The summed E-state index contributed by atoms with van der Waals surface area (Å²) >= 11 is 0. The monoisotopic (exact) mass is 250 g/mol. The number of piperazine rings is 1. The second kappa shape index (κ2) is 5.55. The Morgan fingerprint density at radius 2 is 1.94 bits per heavy atom. The number of carbonyl (C=O) groups excluding carboxylic acids is 2. The summed E-state index contributed by atoms with van der Waals surface area (Å²) in [6.07, 6.45) is 8.30. The molecule has 0 aromatic rings. The van der Waals surface area contributed by atoms with Crippen LogP contribution in [0.4, 0.5) is 0 Å². The van der Waals surface area contributed by atoms with E-state index in [2.05, 4.69) is 17.5 Å². The lowest BCUT2D eigenvalue weighted by atomic mass is 9.98. The van der Waals surface area contributed by atoms with E-state index in [1.54, 1.807) is 0 Å². The maximum absolute atomic E-state index is 12.5. The van der Waals surface area contributed by atoms with E-state index < -0.39 is 0 Å². The van der Waals surface area contributed by atoms with Gasteiger partial charge in [0, 0.05) is 6.04 Å². The summed E-state index contributed by atoms with van der Waals surface area (Å²) in [5.41, 5.74) is 0. The average Bonchev–Trinajstić information content (AvgIpc) is 2.86. The van der Waals surface area contributed by atoms with Gasteiger partial charge in [-0.05, 0) is 25.7 Å². The highest BCUT2D eigenvalue weighted by Gasteiger charge is 2.42. The molecule has 100 valence electrons. The molecule has 0 saturated carbocycles. The number of nitrogens with zero attached hydrogens (tertiary/aromatic N) is 1. The maximum Gasteiger partial charge on any atom is 0.246 e. The lowest BCUT2D eigenvalue weighted by molar-refractivity contribution is -0.152. The SMILES string of the molecule is CCCC1NC(=O)C(CC)N(C2CC=CC2)C1=O. The molecule has 1 saturated heterocycles. The minimum Gasteiger partial charge on any atom is -0.343 e. The van der Waals surface area contributed by atoms with Crippen molar-refractivity contribution in [2.45, 2.75) is 64.1 Å². The second-order valence-corrected chi connectivity index (χ2v) is 5.12. The van der Waals surface area contributed by atoms with Crippen molar-refractivity contribution in [3.63, 3.8) is 0 Å². The zero-order valence-electron chi connectivity index (χ0n) is 11.2. The lowest BCUT2D eigenvalue weighted by Crippen LogP contribution is -2.65. The Hall–Kier alpha value is -1.32. The van der Waals surface area contributed by atoms with Crippen LogP contribution in [0.2, 0.25) is 0 Å². The molecule has 1 N–H and O–H groups in total. The summed E-state index contributed by atoms with van der Waals surface area (Å²) < 4.78 is 0. The highest BCUT2D eigenvalue weighted by Crippen LogP contribution is 2.25. The normalized spacial score (nSPS) is 28.9. The predicted molar refractivity (Wildman–Crippen MR) is 69.9 cm³/mol. The van der Waals surface area contributed by atoms with E-state index in [9.17, 15) is 9.59 Å². The van der Waals surface area contributed by atoms with Crippen LogP contribution in [-0.2, 0) is 9.59 Å². The van der Waals surface area contributed by atoms with Crippen LogP contribution in [0.15, 0.2) is 12.2 Å². The van der Waals surface area contributed by atoms with Crippen LogP contribution in [-0.4, -0.2) is 34.8 Å². The summed E-state index contributed by atoms with van der Waals surface area (Å²) in [5.74, 6) is 0.124. The third-order valence-corrected chi connectivity index (χ3v) is 3.85. The number of nitrogens with one attached hydrogen (secondary N) is 1. The molecule has 4 nitrogen and oxygen atoms in total. The van der Waals surface area contributed by atoms with Gasteiger partial charge in [-0.3, -0.25) is 9.59 Å². The molecule has 0 aromatic carbocycles. The number of hydrogen-bond acceptors (Lipinski definition) is 2. The smallest absolute Gasteiger partial charge is 0.246 e. The Labute approximate surface area is 108 Å². The molecule has 2 unspecified atom stereocenters. The third-order valence-electron chi connectivity index (χ3n) is 3.85. The van der Waals surface area contributed by atoms with Gasteiger partial charge < -0.3 is 10.2 Å². The van der Waals surface area contributed by atoms with Gasteiger partial charge in [-0.25, -0.2) is 0 Å². The standard InChI is InChI=1S/C14H22N2O2/c1-3-7-11-14(18)16(10-8-5-6-9-10)12(4-2)13(17)15-11/h5-6,10-12H,3-4,7-9H2,1-2H3,(H,15,17). The number of rotatable bonds is 4. The Morgan fingerprint density at radius 3 is 2.50 bits per heavy atom. The molecule has 2 aliphatic rings. The van der Waals surface area contributed by atoms with Gasteiger partial charge in [0.25, 0.3) is 0 Å². The first-order valence-corrected chi connectivity index (χ1v) is 6.96. The minimum absolute atomic E-state index is 0.0162. The van der Waals surface area contributed by atoms with Gasteiger partial charge in [-0.1, -0.05) is 32.4 Å². The van der Waals surface area contributed by atoms with Crippen molar-refractivity contribution in [2.75, 3.05) is 0 Å². The molecule has 1 aliphatic heterocycles. The van der Waals surface area contributed by atoms with Crippen molar-refractivity contribution in [3.05, 3.63) is 12.2 Å². The van der Waals surface area contributed by atoms with Gasteiger partial charge in [0.05, 0.1) is 0 Å². The van der Waals surface area contributed by atoms with E-state index in [1.165, 1.54) is 0 Å². The van der Waals surface area contributed by atoms with E-state index in [-0.39, 0.29) is 29.9 Å². The summed E-state index contributed by atoms with van der Waals surface area (Å²) in [5, 5.41) is 2.87. The maximum atomic E-state index is 12.5. The Kier molecular flexibility index (Phi) is 4.04. The Balaban J connectivity index is 2.18. The molecule has 1 fully saturated rings. The Morgan fingerprint density at radius 1 is 1.28 bits per heavy atom.